The van der Waals surface area contributed by atoms with Crippen LogP contribution in [0.3, 0.4) is 0 Å². The van der Waals surface area contributed by atoms with Gasteiger partial charge in [0.15, 0.2) is 0 Å². The van der Waals surface area contributed by atoms with Crippen molar-refractivity contribution in [1.82, 2.24) is 4.90 Å². The molecule has 1 aliphatic rings. The van der Waals surface area contributed by atoms with Gasteiger partial charge in [0, 0.05) is 44.0 Å². The molecule has 0 spiro atoms. The van der Waals surface area contributed by atoms with E-state index in [1.807, 2.05) is 38.1 Å². The number of benzene rings is 1. The van der Waals surface area contributed by atoms with Gasteiger partial charge in [-0.1, -0.05) is 0 Å². The first-order chi connectivity index (χ1) is 8.98. The lowest BCUT2D eigenvalue weighted by atomic mass is 10.1. The summed E-state index contributed by atoms with van der Waals surface area (Å²) in [5, 5.41) is 9.82. The summed E-state index contributed by atoms with van der Waals surface area (Å²) in [7, 11) is 0. The summed E-state index contributed by atoms with van der Waals surface area (Å²) in [6.07, 6.45) is 0.866. The van der Waals surface area contributed by atoms with Gasteiger partial charge in [0.1, 0.15) is 6.29 Å². The highest BCUT2D eigenvalue weighted by molar-refractivity contribution is 5.75. The molecule has 4 nitrogen and oxygen atoms in total. The molecule has 0 radical (unpaired) electrons. The second-order valence-corrected chi connectivity index (χ2v) is 5.79. The molecule has 1 aromatic rings. The van der Waals surface area contributed by atoms with Crippen LogP contribution in [0.1, 0.15) is 24.2 Å². The number of carbonyl (C=O) groups excluding carboxylic acids is 1. The molecule has 0 atom stereocenters. The second-order valence-electron chi connectivity index (χ2n) is 5.79. The van der Waals surface area contributed by atoms with Crippen molar-refractivity contribution < 1.29 is 9.90 Å². The van der Waals surface area contributed by atoms with Gasteiger partial charge < -0.3 is 10.0 Å². The first-order valence-corrected chi connectivity index (χ1v) is 6.73. The van der Waals surface area contributed by atoms with E-state index < -0.39 is 5.60 Å². The van der Waals surface area contributed by atoms with Crippen molar-refractivity contribution in [3.05, 3.63) is 29.8 Å². The number of anilines is 1. The zero-order valence-electron chi connectivity index (χ0n) is 11.7. The van der Waals surface area contributed by atoms with E-state index in [2.05, 4.69) is 9.80 Å². The molecule has 1 heterocycles. The number of piperazine rings is 1. The number of carbonyl (C=O) groups is 1. The number of nitrogens with zero attached hydrogens (tertiary/aromatic N) is 2. The molecule has 104 valence electrons. The normalized spacial score (nSPS) is 17.5. The van der Waals surface area contributed by atoms with E-state index >= 15 is 0 Å². The Balaban J connectivity index is 1.90. The first-order valence-electron chi connectivity index (χ1n) is 6.73. The maximum atomic E-state index is 10.6. The van der Waals surface area contributed by atoms with Crippen molar-refractivity contribution in [3.8, 4) is 0 Å². The Morgan fingerprint density at radius 2 is 1.74 bits per heavy atom. The fourth-order valence-electron chi connectivity index (χ4n) is 2.48. The Morgan fingerprint density at radius 3 is 2.21 bits per heavy atom. The fraction of sp³-hybridized carbons (Fsp3) is 0.533. The van der Waals surface area contributed by atoms with Crippen LogP contribution in [0, 0.1) is 0 Å². The molecule has 1 aromatic carbocycles. The fourth-order valence-corrected chi connectivity index (χ4v) is 2.48. The third-order valence-corrected chi connectivity index (χ3v) is 3.38. The molecule has 0 aromatic heterocycles. The van der Waals surface area contributed by atoms with Crippen molar-refractivity contribution in [1.29, 1.82) is 0 Å². The average molecular weight is 262 g/mol. The van der Waals surface area contributed by atoms with Gasteiger partial charge in [0.05, 0.1) is 5.60 Å². The summed E-state index contributed by atoms with van der Waals surface area (Å²) >= 11 is 0. The molecule has 2 rings (SSSR count). The van der Waals surface area contributed by atoms with E-state index in [4.69, 9.17) is 0 Å². The predicted molar refractivity (Wildman–Crippen MR) is 76.8 cm³/mol. The zero-order chi connectivity index (χ0) is 13.9. The standard InChI is InChI=1S/C15H22N2O2/c1-15(2,19)12-16-7-9-17(10-8-16)14-5-3-13(11-18)4-6-14/h3-6,11,19H,7-10,12H2,1-2H3. The van der Waals surface area contributed by atoms with Gasteiger partial charge in [-0.15, -0.1) is 0 Å². The monoisotopic (exact) mass is 262 g/mol. The molecular weight excluding hydrogens is 240 g/mol. The quantitative estimate of drug-likeness (QED) is 0.833. The van der Waals surface area contributed by atoms with Crippen molar-refractivity contribution in [2.45, 2.75) is 19.4 Å². The molecule has 0 unspecified atom stereocenters. The highest BCUT2D eigenvalue weighted by Crippen LogP contribution is 2.17. The molecular formula is C15H22N2O2. The zero-order valence-corrected chi connectivity index (χ0v) is 11.7. The van der Waals surface area contributed by atoms with Crippen molar-refractivity contribution in [2.75, 3.05) is 37.6 Å². The summed E-state index contributed by atoms with van der Waals surface area (Å²) < 4.78 is 0. The van der Waals surface area contributed by atoms with Crippen molar-refractivity contribution in [3.63, 3.8) is 0 Å². The summed E-state index contributed by atoms with van der Waals surface area (Å²) in [5.74, 6) is 0. The Hall–Kier alpha value is -1.39. The smallest absolute Gasteiger partial charge is 0.150 e. The van der Waals surface area contributed by atoms with Crippen LogP contribution in [-0.2, 0) is 0 Å². The van der Waals surface area contributed by atoms with Gasteiger partial charge in [0.25, 0.3) is 0 Å². The van der Waals surface area contributed by atoms with Gasteiger partial charge >= 0.3 is 0 Å². The summed E-state index contributed by atoms with van der Waals surface area (Å²) in [6, 6.07) is 7.70. The lowest BCUT2D eigenvalue weighted by Gasteiger charge is -2.38. The number of β-amino-alcohol motifs (C(OH)–C–C–N with tert-alkyl or cyclic N) is 1. The second kappa shape index (κ2) is 5.72. The number of rotatable bonds is 4. The van der Waals surface area contributed by atoms with E-state index in [0.29, 0.717) is 12.1 Å². The first kappa shape index (κ1) is 14.0. The Bertz CT molecular complexity index is 415. The van der Waals surface area contributed by atoms with Crippen LogP contribution >= 0.6 is 0 Å². The third-order valence-electron chi connectivity index (χ3n) is 3.38. The average Bonchev–Trinajstić information content (AvgIpc) is 2.38. The van der Waals surface area contributed by atoms with Crippen LogP contribution < -0.4 is 4.90 Å². The number of hydrogen-bond acceptors (Lipinski definition) is 4. The topological polar surface area (TPSA) is 43.8 Å². The maximum absolute atomic E-state index is 10.6. The van der Waals surface area contributed by atoms with Gasteiger partial charge in [-0.05, 0) is 38.1 Å². The summed E-state index contributed by atoms with van der Waals surface area (Å²) in [4.78, 5) is 15.2. The lowest BCUT2D eigenvalue weighted by Crippen LogP contribution is -2.50. The maximum Gasteiger partial charge on any atom is 0.150 e. The highest BCUT2D eigenvalue weighted by Gasteiger charge is 2.22. The molecule has 1 saturated heterocycles. The van der Waals surface area contributed by atoms with E-state index in [1.165, 1.54) is 0 Å². The van der Waals surface area contributed by atoms with Gasteiger partial charge in [-0.2, -0.15) is 0 Å². The van der Waals surface area contributed by atoms with E-state index in [-0.39, 0.29) is 0 Å². The van der Waals surface area contributed by atoms with Crippen molar-refractivity contribution >= 4 is 12.0 Å². The van der Waals surface area contributed by atoms with Gasteiger partial charge in [0.2, 0.25) is 0 Å². The summed E-state index contributed by atoms with van der Waals surface area (Å²) in [5.41, 5.74) is 1.24. The molecule has 0 aliphatic carbocycles. The van der Waals surface area contributed by atoms with Crippen LogP contribution in [-0.4, -0.2) is 54.6 Å². The summed E-state index contributed by atoms with van der Waals surface area (Å²) in [6.45, 7) is 8.23. The molecule has 4 heteroatoms. The van der Waals surface area contributed by atoms with Gasteiger partial charge in [-0.3, -0.25) is 9.69 Å². The third kappa shape index (κ3) is 4.04. The molecule has 1 aliphatic heterocycles. The Morgan fingerprint density at radius 1 is 1.16 bits per heavy atom. The minimum absolute atomic E-state index is 0.631. The van der Waals surface area contributed by atoms with Gasteiger partial charge in [-0.25, -0.2) is 0 Å². The number of hydrogen-bond donors (Lipinski definition) is 1. The van der Waals surface area contributed by atoms with Crippen LogP contribution in [0.25, 0.3) is 0 Å². The van der Waals surface area contributed by atoms with Crippen LogP contribution in [0.15, 0.2) is 24.3 Å². The predicted octanol–water partition coefficient (Wildman–Crippen LogP) is 1.39. The molecule has 19 heavy (non-hydrogen) atoms. The largest absolute Gasteiger partial charge is 0.389 e. The van der Waals surface area contributed by atoms with Crippen LogP contribution in [0.2, 0.25) is 0 Å². The Kier molecular flexibility index (Phi) is 4.22. The van der Waals surface area contributed by atoms with E-state index in [1.54, 1.807) is 0 Å². The number of aliphatic hydroxyl groups is 1. The molecule has 0 bridgehead atoms. The number of aldehydes is 1. The molecule has 0 amide bonds. The highest BCUT2D eigenvalue weighted by atomic mass is 16.3. The minimum atomic E-state index is -0.631. The van der Waals surface area contributed by atoms with E-state index in [0.717, 1.165) is 38.2 Å². The SMILES string of the molecule is CC(C)(O)CN1CCN(c2ccc(C=O)cc2)CC1. The van der Waals surface area contributed by atoms with Crippen LogP contribution in [0.4, 0.5) is 5.69 Å². The molecule has 0 saturated carbocycles. The van der Waals surface area contributed by atoms with E-state index in [9.17, 15) is 9.90 Å². The lowest BCUT2D eigenvalue weighted by molar-refractivity contribution is 0.0345. The molecule has 1 N–H and O–H groups in total. The van der Waals surface area contributed by atoms with Crippen molar-refractivity contribution in [2.24, 2.45) is 0 Å². The molecule has 1 fully saturated rings. The van der Waals surface area contributed by atoms with Crippen LogP contribution in [0.5, 0.6) is 0 Å². The minimum Gasteiger partial charge on any atom is -0.389 e. The Labute approximate surface area is 114 Å².